The molecule has 2 aliphatic carbocycles. The minimum Gasteiger partial charge on any atom is -0.376 e. The van der Waals surface area contributed by atoms with Crippen molar-refractivity contribution in [3.05, 3.63) is 36.6 Å². The van der Waals surface area contributed by atoms with Gasteiger partial charge in [0.25, 0.3) is 0 Å². The van der Waals surface area contributed by atoms with E-state index >= 15 is 0 Å². The van der Waals surface area contributed by atoms with Crippen LogP contribution in [-0.2, 0) is 9.59 Å². The molecule has 158 valence electrons. The highest BCUT2D eigenvalue weighted by Gasteiger charge is 2.31. The van der Waals surface area contributed by atoms with Crippen LogP contribution in [0.25, 0.3) is 0 Å². The fourth-order valence-corrected chi connectivity index (χ4v) is 4.25. The van der Waals surface area contributed by atoms with E-state index in [0.717, 1.165) is 23.8 Å². The minimum atomic E-state index is -0.392. The second kappa shape index (κ2) is 13.4. The van der Waals surface area contributed by atoms with Crippen LogP contribution in [0.2, 0.25) is 0 Å². The summed E-state index contributed by atoms with van der Waals surface area (Å²) in [4.78, 5) is 22.6. The van der Waals surface area contributed by atoms with Crippen LogP contribution in [0.4, 0.5) is 0 Å². The van der Waals surface area contributed by atoms with Gasteiger partial charge < -0.3 is 15.4 Å². The summed E-state index contributed by atoms with van der Waals surface area (Å²) in [5, 5.41) is 5.70. The number of allylic oxidation sites excluding steroid dienone is 3. The molecule has 0 heterocycles. The van der Waals surface area contributed by atoms with Gasteiger partial charge in [0.1, 0.15) is 6.29 Å². The first-order valence-corrected chi connectivity index (χ1v) is 11.0. The molecule has 4 heteroatoms. The number of rotatable bonds is 10. The summed E-state index contributed by atoms with van der Waals surface area (Å²) in [5.41, 5.74) is 1.93. The van der Waals surface area contributed by atoms with E-state index < -0.39 is 6.04 Å². The number of carbonyl (C=O) groups excluding carboxylic acids is 2. The van der Waals surface area contributed by atoms with Crippen molar-refractivity contribution in [2.45, 2.75) is 77.7 Å². The predicted molar refractivity (Wildman–Crippen MR) is 118 cm³/mol. The number of nitrogens with one attached hydrogen (secondary N) is 2. The van der Waals surface area contributed by atoms with Crippen molar-refractivity contribution in [3.8, 4) is 0 Å². The van der Waals surface area contributed by atoms with Crippen molar-refractivity contribution >= 4 is 12.2 Å². The standard InChI is InChI=1S/C22H34N2O2.C2H6/c1-4-17(19-8-10-20(11-9-19)18-6-5-7-18)14-16(2)24-21(15-25)12-13-22(26)23-3;1-2/h4,14-15,18-21,24H,1-2,5-13H2,3H3,(H,23,26);1-2H3/b17-14+;. The number of carbonyl (C=O) groups is 2. The maximum Gasteiger partial charge on any atom is 0.219 e. The van der Waals surface area contributed by atoms with Gasteiger partial charge in [0.2, 0.25) is 5.91 Å². The smallest absolute Gasteiger partial charge is 0.219 e. The second-order valence-corrected chi connectivity index (χ2v) is 7.78. The molecule has 2 fully saturated rings. The summed E-state index contributed by atoms with van der Waals surface area (Å²) in [5.74, 6) is 2.40. The van der Waals surface area contributed by atoms with Crippen LogP contribution < -0.4 is 10.6 Å². The number of aldehydes is 1. The first-order chi connectivity index (χ1) is 13.6. The lowest BCUT2D eigenvalue weighted by Crippen LogP contribution is -2.31. The van der Waals surface area contributed by atoms with Gasteiger partial charge in [-0.2, -0.15) is 0 Å². The van der Waals surface area contributed by atoms with Crippen molar-refractivity contribution in [2.24, 2.45) is 17.8 Å². The van der Waals surface area contributed by atoms with E-state index in [2.05, 4.69) is 23.8 Å². The van der Waals surface area contributed by atoms with Crippen molar-refractivity contribution < 1.29 is 9.59 Å². The molecule has 2 rings (SSSR count). The molecule has 1 amide bonds. The van der Waals surface area contributed by atoms with Crippen LogP contribution in [0.15, 0.2) is 36.6 Å². The molecule has 0 aromatic heterocycles. The van der Waals surface area contributed by atoms with Gasteiger partial charge in [-0.15, -0.1) is 0 Å². The predicted octanol–water partition coefficient (Wildman–Crippen LogP) is 4.93. The summed E-state index contributed by atoms with van der Waals surface area (Å²) in [6, 6.07) is -0.392. The molecular formula is C24H40N2O2. The lowest BCUT2D eigenvalue weighted by atomic mass is 9.67. The van der Waals surface area contributed by atoms with Crippen LogP contribution in [0.3, 0.4) is 0 Å². The van der Waals surface area contributed by atoms with Crippen LogP contribution in [0, 0.1) is 17.8 Å². The van der Waals surface area contributed by atoms with Crippen molar-refractivity contribution in [2.75, 3.05) is 7.05 Å². The number of hydrogen-bond donors (Lipinski definition) is 2. The molecule has 0 bridgehead atoms. The zero-order valence-electron chi connectivity index (χ0n) is 18.1. The average Bonchev–Trinajstić information content (AvgIpc) is 2.69. The Balaban J connectivity index is 0.00000190. The van der Waals surface area contributed by atoms with Gasteiger partial charge in [-0.3, -0.25) is 4.79 Å². The molecule has 2 aliphatic rings. The topological polar surface area (TPSA) is 58.2 Å². The fourth-order valence-electron chi connectivity index (χ4n) is 4.25. The van der Waals surface area contributed by atoms with Crippen LogP contribution in [0.5, 0.6) is 0 Å². The Morgan fingerprint density at radius 1 is 1.11 bits per heavy atom. The van der Waals surface area contributed by atoms with Gasteiger partial charge in [-0.25, -0.2) is 0 Å². The Morgan fingerprint density at radius 2 is 1.71 bits per heavy atom. The molecule has 2 saturated carbocycles. The summed E-state index contributed by atoms with van der Waals surface area (Å²) >= 11 is 0. The highest BCUT2D eigenvalue weighted by atomic mass is 16.1. The first-order valence-electron chi connectivity index (χ1n) is 11.0. The van der Waals surface area contributed by atoms with E-state index in [9.17, 15) is 9.59 Å². The third-order valence-electron chi connectivity index (χ3n) is 6.13. The van der Waals surface area contributed by atoms with Crippen LogP contribution >= 0.6 is 0 Å². The number of amides is 1. The normalized spacial score (nSPS) is 23.3. The van der Waals surface area contributed by atoms with Gasteiger partial charge in [0.15, 0.2) is 0 Å². The van der Waals surface area contributed by atoms with E-state index in [1.54, 1.807) is 7.05 Å². The van der Waals surface area contributed by atoms with Crippen molar-refractivity contribution in [1.82, 2.24) is 10.6 Å². The minimum absolute atomic E-state index is 0.0604. The van der Waals surface area contributed by atoms with Crippen LogP contribution in [0.1, 0.15) is 71.6 Å². The molecule has 0 aromatic carbocycles. The molecule has 1 unspecified atom stereocenters. The third-order valence-corrected chi connectivity index (χ3v) is 6.13. The largest absolute Gasteiger partial charge is 0.376 e. The summed E-state index contributed by atoms with van der Waals surface area (Å²) in [7, 11) is 1.60. The highest BCUT2D eigenvalue weighted by molar-refractivity contribution is 5.76. The Hall–Kier alpha value is -1.84. The molecule has 0 radical (unpaired) electrons. The molecule has 4 nitrogen and oxygen atoms in total. The average molecular weight is 389 g/mol. The lowest BCUT2D eigenvalue weighted by Gasteiger charge is -2.38. The quantitative estimate of drug-likeness (QED) is 0.412. The molecule has 0 aromatic rings. The van der Waals surface area contributed by atoms with Crippen molar-refractivity contribution in [1.29, 1.82) is 0 Å². The summed E-state index contributed by atoms with van der Waals surface area (Å²) < 4.78 is 0. The first kappa shape index (κ1) is 24.2. The van der Waals surface area contributed by atoms with Gasteiger partial charge >= 0.3 is 0 Å². The Bertz CT molecular complexity index is 541. The van der Waals surface area contributed by atoms with Crippen LogP contribution in [-0.4, -0.2) is 25.3 Å². The van der Waals surface area contributed by atoms with E-state index in [-0.39, 0.29) is 5.91 Å². The third kappa shape index (κ3) is 7.65. The zero-order valence-corrected chi connectivity index (χ0v) is 18.1. The van der Waals surface area contributed by atoms with Gasteiger partial charge in [-0.1, -0.05) is 52.3 Å². The van der Waals surface area contributed by atoms with Gasteiger partial charge in [0, 0.05) is 19.2 Å². The van der Waals surface area contributed by atoms with E-state index in [0.29, 0.717) is 18.8 Å². The Labute approximate surface area is 171 Å². The molecule has 1 atom stereocenters. The SMILES string of the molecule is C=C/C(=C\C(=C)NC(C=O)CCC(=O)NC)C1CCC(C2CCC2)CC1.CC. The fraction of sp³-hybridized carbons (Fsp3) is 0.667. The zero-order chi connectivity index (χ0) is 20.9. The maximum atomic E-state index is 11.3. The monoisotopic (exact) mass is 388 g/mol. The molecule has 2 N–H and O–H groups in total. The maximum absolute atomic E-state index is 11.3. The summed E-state index contributed by atoms with van der Waals surface area (Å²) in [6.07, 6.45) is 15.0. The van der Waals surface area contributed by atoms with E-state index in [1.165, 1.54) is 50.5 Å². The highest BCUT2D eigenvalue weighted by Crippen LogP contribution is 2.43. The van der Waals surface area contributed by atoms with Crippen molar-refractivity contribution in [3.63, 3.8) is 0 Å². The van der Waals surface area contributed by atoms with E-state index in [1.807, 2.05) is 26.0 Å². The lowest BCUT2D eigenvalue weighted by molar-refractivity contribution is -0.120. The van der Waals surface area contributed by atoms with Gasteiger partial charge in [0.05, 0.1) is 6.04 Å². The van der Waals surface area contributed by atoms with Gasteiger partial charge in [-0.05, 0) is 61.5 Å². The summed E-state index contributed by atoms with van der Waals surface area (Å²) in [6.45, 7) is 12.0. The Kier molecular flexibility index (Phi) is 11.5. The molecular weight excluding hydrogens is 348 g/mol. The molecule has 28 heavy (non-hydrogen) atoms. The Morgan fingerprint density at radius 3 is 2.18 bits per heavy atom. The molecule has 0 aliphatic heterocycles. The number of hydrogen-bond acceptors (Lipinski definition) is 3. The van der Waals surface area contributed by atoms with E-state index in [4.69, 9.17) is 0 Å². The molecule has 0 spiro atoms. The second-order valence-electron chi connectivity index (χ2n) is 7.78. The molecule has 0 saturated heterocycles.